The zero-order valence-electron chi connectivity index (χ0n) is 8.52. The van der Waals surface area contributed by atoms with Crippen LogP contribution in [-0.2, 0) is 4.74 Å². The number of thiazole rings is 1. The van der Waals surface area contributed by atoms with Crippen molar-refractivity contribution in [2.75, 3.05) is 25.6 Å². The molecule has 0 saturated heterocycles. The first kappa shape index (κ1) is 11.9. The van der Waals surface area contributed by atoms with Gasteiger partial charge in [-0.25, -0.2) is 9.78 Å². The van der Waals surface area contributed by atoms with Crippen LogP contribution < -0.4 is 5.32 Å². The molecule has 0 aromatic carbocycles. The van der Waals surface area contributed by atoms with Crippen LogP contribution in [0.15, 0.2) is 5.51 Å². The standard InChI is InChI=1S/C9H14N2O3S/c1-14-5-3-2-4-10-8-7(9(12)13)11-6-15-8/h6,10H,2-5H2,1H3,(H,12,13). The lowest BCUT2D eigenvalue weighted by molar-refractivity contribution is 0.0692. The summed E-state index contributed by atoms with van der Waals surface area (Å²) in [7, 11) is 1.67. The quantitative estimate of drug-likeness (QED) is 0.697. The van der Waals surface area contributed by atoms with Crippen molar-refractivity contribution >= 4 is 22.3 Å². The molecule has 0 spiro atoms. The first-order chi connectivity index (χ1) is 7.25. The highest BCUT2D eigenvalue weighted by Gasteiger charge is 2.12. The van der Waals surface area contributed by atoms with Gasteiger partial charge in [-0.1, -0.05) is 0 Å². The molecule has 0 aliphatic heterocycles. The maximum absolute atomic E-state index is 10.7. The molecule has 0 atom stereocenters. The van der Waals surface area contributed by atoms with Gasteiger partial charge >= 0.3 is 5.97 Å². The number of ether oxygens (including phenoxy) is 1. The second-order valence-corrected chi connectivity index (χ2v) is 3.82. The Kier molecular flexibility index (Phi) is 5.06. The average Bonchev–Trinajstić information content (AvgIpc) is 2.66. The molecule has 0 radical (unpaired) electrons. The predicted molar refractivity (Wildman–Crippen MR) is 58.7 cm³/mol. The van der Waals surface area contributed by atoms with Gasteiger partial charge in [0.15, 0.2) is 5.69 Å². The Balaban J connectivity index is 2.31. The van der Waals surface area contributed by atoms with Crippen LogP contribution in [0.2, 0.25) is 0 Å². The predicted octanol–water partition coefficient (Wildman–Crippen LogP) is 1.68. The molecule has 0 aliphatic rings. The number of carbonyl (C=O) groups is 1. The largest absolute Gasteiger partial charge is 0.476 e. The Bertz CT molecular complexity index is 314. The number of rotatable bonds is 7. The summed E-state index contributed by atoms with van der Waals surface area (Å²) in [5.74, 6) is -0.990. The fraction of sp³-hybridized carbons (Fsp3) is 0.556. The summed E-state index contributed by atoms with van der Waals surface area (Å²) in [5, 5.41) is 12.5. The van der Waals surface area contributed by atoms with Crippen molar-refractivity contribution in [3.05, 3.63) is 11.2 Å². The molecule has 0 bridgehead atoms. The van der Waals surface area contributed by atoms with Crippen LogP contribution in [0.4, 0.5) is 5.00 Å². The summed E-state index contributed by atoms with van der Waals surface area (Å²) in [4.78, 5) is 14.5. The van der Waals surface area contributed by atoms with Crippen LogP contribution in [0.3, 0.4) is 0 Å². The normalized spacial score (nSPS) is 10.2. The number of carboxylic acid groups (broad SMARTS) is 1. The van der Waals surface area contributed by atoms with Gasteiger partial charge in [-0.05, 0) is 12.8 Å². The van der Waals surface area contributed by atoms with Gasteiger partial charge in [0, 0.05) is 20.3 Å². The van der Waals surface area contributed by atoms with Crippen molar-refractivity contribution in [3.63, 3.8) is 0 Å². The first-order valence-electron chi connectivity index (χ1n) is 4.65. The van der Waals surface area contributed by atoms with Crippen LogP contribution in [-0.4, -0.2) is 36.3 Å². The van der Waals surface area contributed by atoms with Crippen LogP contribution in [0.1, 0.15) is 23.3 Å². The maximum atomic E-state index is 10.7. The van der Waals surface area contributed by atoms with Crippen molar-refractivity contribution < 1.29 is 14.6 Å². The van der Waals surface area contributed by atoms with E-state index in [1.165, 1.54) is 16.8 Å². The summed E-state index contributed by atoms with van der Waals surface area (Å²) in [6.07, 6.45) is 1.91. The van der Waals surface area contributed by atoms with E-state index in [0.717, 1.165) is 26.0 Å². The molecular weight excluding hydrogens is 216 g/mol. The van der Waals surface area contributed by atoms with E-state index in [0.29, 0.717) is 5.00 Å². The third-order valence-corrected chi connectivity index (χ3v) is 2.62. The Morgan fingerprint density at radius 3 is 3.13 bits per heavy atom. The molecule has 84 valence electrons. The van der Waals surface area contributed by atoms with Gasteiger partial charge in [0.2, 0.25) is 0 Å². The van der Waals surface area contributed by atoms with E-state index in [-0.39, 0.29) is 5.69 Å². The van der Waals surface area contributed by atoms with E-state index in [1.807, 2.05) is 0 Å². The van der Waals surface area contributed by atoms with Gasteiger partial charge in [-0.15, -0.1) is 11.3 Å². The molecule has 15 heavy (non-hydrogen) atoms. The molecule has 1 heterocycles. The number of anilines is 1. The van der Waals surface area contributed by atoms with Gasteiger partial charge in [0.05, 0.1) is 5.51 Å². The highest BCUT2D eigenvalue weighted by Crippen LogP contribution is 2.19. The first-order valence-corrected chi connectivity index (χ1v) is 5.53. The summed E-state index contributed by atoms with van der Waals surface area (Å²) >= 11 is 1.31. The highest BCUT2D eigenvalue weighted by atomic mass is 32.1. The van der Waals surface area contributed by atoms with Gasteiger partial charge in [-0.3, -0.25) is 0 Å². The Hall–Kier alpha value is -1.14. The minimum atomic E-state index is -0.990. The van der Waals surface area contributed by atoms with Crippen molar-refractivity contribution in [1.29, 1.82) is 0 Å². The van der Waals surface area contributed by atoms with E-state index in [9.17, 15) is 4.79 Å². The number of carboxylic acids is 1. The number of hydrogen-bond donors (Lipinski definition) is 2. The number of aromatic nitrogens is 1. The molecule has 0 fully saturated rings. The fourth-order valence-electron chi connectivity index (χ4n) is 1.10. The number of methoxy groups -OCH3 is 1. The van der Waals surface area contributed by atoms with E-state index in [1.54, 1.807) is 7.11 Å². The molecule has 6 heteroatoms. The minimum Gasteiger partial charge on any atom is -0.476 e. The SMILES string of the molecule is COCCCCNc1scnc1C(=O)O. The Morgan fingerprint density at radius 2 is 2.47 bits per heavy atom. The second-order valence-electron chi connectivity index (χ2n) is 2.96. The molecule has 1 aromatic rings. The molecular formula is C9H14N2O3S. The fourth-order valence-corrected chi connectivity index (χ4v) is 1.80. The molecule has 0 unspecified atom stereocenters. The van der Waals surface area contributed by atoms with E-state index < -0.39 is 5.97 Å². The smallest absolute Gasteiger partial charge is 0.357 e. The molecule has 0 amide bonds. The zero-order chi connectivity index (χ0) is 11.1. The van der Waals surface area contributed by atoms with Crippen molar-refractivity contribution in [2.24, 2.45) is 0 Å². The summed E-state index contributed by atoms with van der Waals surface area (Å²) in [6.45, 7) is 1.47. The summed E-state index contributed by atoms with van der Waals surface area (Å²) in [5.41, 5.74) is 1.63. The summed E-state index contributed by atoms with van der Waals surface area (Å²) in [6, 6.07) is 0. The summed E-state index contributed by atoms with van der Waals surface area (Å²) < 4.78 is 4.91. The number of nitrogens with one attached hydrogen (secondary N) is 1. The van der Waals surface area contributed by atoms with Crippen molar-refractivity contribution in [3.8, 4) is 0 Å². The van der Waals surface area contributed by atoms with Gasteiger partial charge < -0.3 is 15.2 Å². The minimum absolute atomic E-state index is 0.103. The van der Waals surface area contributed by atoms with Gasteiger partial charge in [-0.2, -0.15) is 0 Å². The number of nitrogens with zero attached hydrogens (tertiary/aromatic N) is 1. The van der Waals surface area contributed by atoms with E-state index in [2.05, 4.69) is 10.3 Å². The lowest BCUT2D eigenvalue weighted by Gasteiger charge is -2.03. The molecule has 0 saturated carbocycles. The lowest BCUT2D eigenvalue weighted by Crippen LogP contribution is -2.06. The third-order valence-electron chi connectivity index (χ3n) is 1.83. The van der Waals surface area contributed by atoms with Gasteiger partial charge in [0.25, 0.3) is 0 Å². The molecule has 2 N–H and O–H groups in total. The van der Waals surface area contributed by atoms with Crippen LogP contribution in [0.5, 0.6) is 0 Å². The zero-order valence-corrected chi connectivity index (χ0v) is 9.34. The van der Waals surface area contributed by atoms with E-state index in [4.69, 9.17) is 9.84 Å². The van der Waals surface area contributed by atoms with Crippen molar-refractivity contribution in [2.45, 2.75) is 12.8 Å². The molecule has 1 aromatic heterocycles. The second kappa shape index (κ2) is 6.36. The molecule has 1 rings (SSSR count). The maximum Gasteiger partial charge on any atom is 0.357 e. The highest BCUT2D eigenvalue weighted by molar-refractivity contribution is 7.14. The monoisotopic (exact) mass is 230 g/mol. The Labute approximate surface area is 92.1 Å². The topological polar surface area (TPSA) is 71.5 Å². The van der Waals surface area contributed by atoms with Crippen LogP contribution >= 0.6 is 11.3 Å². The average molecular weight is 230 g/mol. The number of unbranched alkanes of at least 4 members (excludes halogenated alkanes) is 1. The van der Waals surface area contributed by atoms with Crippen LogP contribution in [0.25, 0.3) is 0 Å². The van der Waals surface area contributed by atoms with E-state index >= 15 is 0 Å². The molecule has 0 aliphatic carbocycles. The Morgan fingerprint density at radius 1 is 1.67 bits per heavy atom. The lowest BCUT2D eigenvalue weighted by atomic mass is 10.3. The van der Waals surface area contributed by atoms with Crippen LogP contribution in [0, 0.1) is 0 Å². The van der Waals surface area contributed by atoms with Gasteiger partial charge in [0.1, 0.15) is 5.00 Å². The third kappa shape index (κ3) is 3.85. The number of hydrogen-bond acceptors (Lipinski definition) is 5. The van der Waals surface area contributed by atoms with Crippen molar-refractivity contribution in [1.82, 2.24) is 4.98 Å². The number of aromatic carboxylic acids is 1. The molecule has 5 nitrogen and oxygen atoms in total.